The van der Waals surface area contributed by atoms with Crippen molar-refractivity contribution >= 4 is 40.6 Å². The van der Waals surface area contributed by atoms with E-state index in [0.29, 0.717) is 22.9 Å². The molecule has 0 saturated carbocycles. The molecule has 4 rings (SSSR count). The monoisotopic (exact) mass is 505 g/mol. The Morgan fingerprint density at radius 1 is 1.11 bits per heavy atom. The van der Waals surface area contributed by atoms with Gasteiger partial charge in [0.1, 0.15) is 17.2 Å². The van der Waals surface area contributed by atoms with Gasteiger partial charge < -0.3 is 5.32 Å². The molecule has 4 aromatic rings. The molecule has 0 bridgehead atoms. The van der Waals surface area contributed by atoms with Gasteiger partial charge in [-0.3, -0.25) is 14.8 Å². The number of rotatable bonds is 7. The number of nitrogens with zero attached hydrogens (tertiary/aromatic N) is 5. The van der Waals surface area contributed by atoms with Crippen molar-refractivity contribution in [2.24, 2.45) is 5.10 Å². The van der Waals surface area contributed by atoms with Crippen LogP contribution in [0.2, 0.25) is 5.02 Å². The third-order valence-corrected chi connectivity index (χ3v) is 5.04. The first kappa shape index (κ1) is 24.1. The highest BCUT2D eigenvalue weighted by Crippen LogP contribution is 2.32. The van der Waals surface area contributed by atoms with Crippen molar-refractivity contribution in [3.63, 3.8) is 0 Å². The molecule has 0 aliphatic carbocycles. The zero-order valence-corrected chi connectivity index (χ0v) is 18.5. The maximum Gasteiger partial charge on any atom is 0.417 e. The number of pyridine rings is 2. The van der Waals surface area contributed by atoms with Gasteiger partial charge in [0.05, 0.1) is 16.8 Å². The highest BCUT2D eigenvalue weighted by molar-refractivity contribution is 6.32. The lowest BCUT2D eigenvalue weighted by molar-refractivity contribution is -0.137. The maximum absolute atomic E-state index is 13.0. The third kappa shape index (κ3) is 5.72. The van der Waals surface area contributed by atoms with Crippen LogP contribution in [0, 0.1) is 5.82 Å². The lowest BCUT2D eigenvalue weighted by Gasteiger charge is -2.13. The van der Waals surface area contributed by atoms with Gasteiger partial charge >= 0.3 is 6.18 Å². The largest absolute Gasteiger partial charge is 0.417 e. The Labute approximate surface area is 200 Å². The molecule has 0 unspecified atom stereocenters. The van der Waals surface area contributed by atoms with Gasteiger partial charge in [-0.2, -0.15) is 18.3 Å². The molecule has 8 nitrogen and oxygen atoms in total. The van der Waals surface area contributed by atoms with Crippen molar-refractivity contribution in [2.45, 2.75) is 12.7 Å². The minimum atomic E-state index is -4.56. The summed E-state index contributed by atoms with van der Waals surface area (Å²) in [5.74, 6) is -0.418. The zero-order chi connectivity index (χ0) is 25.0. The Hall–Kier alpha value is -4.06. The zero-order valence-electron chi connectivity index (χ0n) is 17.7. The standard InChI is InChI=1S/C22H16ClF4N7O/c23-16-10-14(22(25,26)27)12-30-18(16)28-8-9-34-20-17(2-1-7-29-20)32-19(21(34)35)33-31-11-13-3-5-15(24)6-4-13/h1-7,10-12H,8-9H2,(H,28,30)(H,32,33)/b31-11-. The Kier molecular flexibility index (Phi) is 6.92. The summed E-state index contributed by atoms with van der Waals surface area (Å²) in [4.78, 5) is 25.2. The molecular formula is C22H16ClF4N7O. The summed E-state index contributed by atoms with van der Waals surface area (Å²) in [6.45, 7) is 0.177. The number of benzene rings is 1. The van der Waals surface area contributed by atoms with Gasteiger partial charge in [0.15, 0.2) is 5.65 Å². The number of hydrogen-bond acceptors (Lipinski definition) is 7. The number of hydrogen-bond donors (Lipinski definition) is 2. The van der Waals surface area contributed by atoms with Crippen LogP contribution in [0.3, 0.4) is 0 Å². The van der Waals surface area contributed by atoms with Crippen LogP contribution in [-0.4, -0.2) is 32.3 Å². The van der Waals surface area contributed by atoms with E-state index in [4.69, 9.17) is 11.6 Å². The summed E-state index contributed by atoms with van der Waals surface area (Å²) in [5.41, 5.74) is 2.42. The van der Waals surface area contributed by atoms with Crippen LogP contribution in [0.25, 0.3) is 11.2 Å². The predicted octanol–water partition coefficient (Wildman–Crippen LogP) is 4.56. The second kappa shape index (κ2) is 10.1. The van der Waals surface area contributed by atoms with E-state index in [-0.39, 0.29) is 35.6 Å². The second-order valence-corrected chi connectivity index (χ2v) is 7.57. The average molecular weight is 506 g/mol. The van der Waals surface area contributed by atoms with E-state index in [1.165, 1.54) is 41.2 Å². The first-order valence-corrected chi connectivity index (χ1v) is 10.5. The molecule has 2 N–H and O–H groups in total. The smallest absolute Gasteiger partial charge is 0.367 e. The van der Waals surface area contributed by atoms with Crippen LogP contribution >= 0.6 is 11.6 Å². The molecule has 0 radical (unpaired) electrons. The predicted molar refractivity (Wildman–Crippen MR) is 124 cm³/mol. The molecule has 13 heteroatoms. The topological polar surface area (TPSA) is 97.1 Å². The average Bonchev–Trinajstić information content (AvgIpc) is 2.82. The van der Waals surface area contributed by atoms with E-state index in [9.17, 15) is 22.4 Å². The van der Waals surface area contributed by atoms with Crippen LogP contribution in [0.4, 0.5) is 29.2 Å². The van der Waals surface area contributed by atoms with Crippen LogP contribution in [0.15, 0.2) is 64.8 Å². The summed E-state index contributed by atoms with van der Waals surface area (Å²) >= 11 is 5.92. The lowest BCUT2D eigenvalue weighted by Crippen LogP contribution is -2.28. The van der Waals surface area contributed by atoms with Gasteiger partial charge in [-0.1, -0.05) is 23.7 Å². The summed E-state index contributed by atoms with van der Waals surface area (Å²) in [7, 11) is 0. The number of anilines is 2. The molecule has 180 valence electrons. The quantitative estimate of drug-likeness (QED) is 0.217. The van der Waals surface area contributed by atoms with Crippen molar-refractivity contribution in [2.75, 3.05) is 17.3 Å². The van der Waals surface area contributed by atoms with Gasteiger partial charge in [0.25, 0.3) is 5.56 Å². The number of hydrazone groups is 1. The van der Waals surface area contributed by atoms with Gasteiger partial charge in [-0.05, 0) is 35.9 Å². The molecule has 3 heterocycles. The van der Waals surface area contributed by atoms with Crippen molar-refractivity contribution in [3.05, 3.63) is 87.2 Å². The van der Waals surface area contributed by atoms with E-state index < -0.39 is 17.3 Å². The van der Waals surface area contributed by atoms with E-state index >= 15 is 0 Å². The van der Waals surface area contributed by atoms with Gasteiger partial charge in [-0.25, -0.2) is 19.3 Å². The third-order valence-electron chi connectivity index (χ3n) is 4.75. The summed E-state index contributed by atoms with van der Waals surface area (Å²) in [6.07, 6.45) is -0.989. The molecular weight excluding hydrogens is 490 g/mol. The van der Waals surface area contributed by atoms with Crippen molar-refractivity contribution < 1.29 is 17.6 Å². The highest BCUT2D eigenvalue weighted by Gasteiger charge is 2.31. The fourth-order valence-corrected chi connectivity index (χ4v) is 3.32. The Bertz CT molecular complexity index is 1440. The summed E-state index contributed by atoms with van der Waals surface area (Å²) < 4.78 is 52.8. The molecule has 35 heavy (non-hydrogen) atoms. The molecule has 0 aliphatic heterocycles. The molecule has 3 aromatic heterocycles. The van der Waals surface area contributed by atoms with E-state index in [1.807, 2.05) is 0 Å². The molecule has 0 aliphatic rings. The number of fused-ring (bicyclic) bond motifs is 1. The van der Waals surface area contributed by atoms with Crippen LogP contribution in [0.5, 0.6) is 0 Å². The summed E-state index contributed by atoms with van der Waals surface area (Å²) in [6, 6.07) is 9.67. The molecule has 0 spiro atoms. The number of alkyl halides is 3. The molecule has 1 aromatic carbocycles. The van der Waals surface area contributed by atoms with Crippen LogP contribution in [0.1, 0.15) is 11.1 Å². The van der Waals surface area contributed by atoms with Gasteiger partial charge in [0.2, 0.25) is 5.82 Å². The lowest BCUT2D eigenvalue weighted by atomic mass is 10.2. The number of halogens is 5. The first-order chi connectivity index (χ1) is 16.7. The Morgan fingerprint density at radius 3 is 2.60 bits per heavy atom. The summed E-state index contributed by atoms with van der Waals surface area (Å²) in [5, 5.41) is 6.60. The first-order valence-electron chi connectivity index (χ1n) is 10.1. The molecule has 0 saturated heterocycles. The normalized spacial score (nSPS) is 11.8. The maximum atomic E-state index is 13.0. The molecule has 0 fully saturated rings. The molecule has 0 amide bonds. The van der Waals surface area contributed by atoms with Crippen molar-refractivity contribution in [1.29, 1.82) is 0 Å². The SMILES string of the molecule is O=c1c(N/N=C\c2ccc(F)cc2)nc2cccnc2n1CCNc1ncc(C(F)(F)F)cc1Cl. The van der Waals surface area contributed by atoms with Crippen LogP contribution in [-0.2, 0) is 12.7 Å². The van der Waals surface area contributed by atoms with Crippen LogP contribution < -0.4 is 16.3 Å². The second-order valence-electron chi connectivity index (χ2n) is 7.16. The fourth-order valence-electron chi connectivity index (χ4n) is 3.08. The van der Waals surface area contributed by atoms with E-state index in [0.717, 1.165) is 6.07 Å². The Morgan fingerprint density at radius 2 is 1.89 bits per heavy atom. The number of nitrogens with one attached hydrogen (secondary N) is 2. The van der Waals surface area contributed by atoms with Gasteiger partial charge in [-0.15, -0.1) is 0 Å². The minimum Gasteiger partial charge on any atom is -0.367 e. The van der Waals surface area contributed by atoms with E-state index in [1.54, 1.807) is 12.1 Å². The molecule has 0 atom stereocenters. The van der Waals surface area contributed by atoms with Gasteiger partial charge in [0, 0.05) is 25.5 Å². The van der Waals surface area contributed by atoms with Crippen molar-refractivity contribution in [3.8, 4) is 0 Å². The fraction of sp³-hybridized carbons (Fsp3) is 0.136. The Balaban J connectivity index is 1.54. The van der Waals surface area contributed by atoms with E-state index in [2.05, 4.69) is 30.8 Å². The highest BCUT2D eigenvalue weighted by atomic mass is 35.5. The van der Waals surface area contributed by atoms with Crippen molar-refractivity contribution in [1.82, 2.24) is 19.5 Å². The minimum absolute atomic E-state index is 0.0429. The number of aromatic nitrogens is 4.